The van der Waals surface area contributed by atoms with E-state index in [9.17, 15) is 0 Å². The van der Waals surface area contributed by atoms with E-state index in [0.717, 1.165) is 11.1 Å². The summed E-state index contributed by atoms with van der Waals surface area (Å²) in [4.78, 5) is 4.27. The molecule has 1 heterocycles. The number of hydrogen-bond donors (Lipinski definition) is 2. The number of rotatable bonds is 2. The molecule has 0 spiro atoms. The van der Waals surface area contributed by atoms with Crippen molar-refractivity contribution in [3.05, 3.63) is 47.1 Å². The Balaban J connectivity index is 2.55. The second kappa shape index (κ2) is 4.51. The zero-order valence-electron chi connectivity index (χ0n) is 8.65. The molecule has 0 unspecified atom stereocenters. The minimum Gasteiger partial charge on any atom is -0.397 e. The highest BCUT2D eigenvalue weighted by Crippen LogP contribution is 2.27. The van der Waals surface area contributed by atoms with E-state index < -0.39 is 0 Å². The molecular weight excluding hydrogens is 222 g/mol. The van der Waals surface area contributed by atoms with Gasteiger partial charge in [0.1, 0.15) is 5.15 Å². The molecule has 3 nitrogen and oxygen atoms in total. The van der Waals surface area contributed by atoms with Gasteiger partial charge >= 0.3 is 0 Å². The Hall–Kier alpha value is -1.58. The van der Waals surface area contributed by atoms with Crippen molar-refractivity contribution in [3.8, 4) is 11.3 Å². The second-order valence-electron chi connectivity index (χ2n) is 3.45. The second-order valence-corrected chi connectivity index (χ2v) is 3.80. The Bertz CT molecular complexity index is 497. The van der Waals surface area contributed by atoms with Crippen molar-refractivity contribution < 1.29 is 0 Å². The van der Waals surface area contributed by atoms with Gasteiger partial charge in [-0.15, -0.1) is 0 Å². The van der Waals surface area contributed by atoms with Gasteiger partial charge in [0.15, 0.2) is 0 Å². The molecule has 0 amide bonds. The van der Waals surface area contributed by atoms with Crippen LogP contribution in [0.1, 0.15) is 5.56 Å². The minimum atomic E-state index is 0.338. The number of halogens is 1. The normalized spacial score (nSPS) is 10.4. The van der Waals surface area contributed by atoms with Crippen LogP contribution in [0, 0.1) is 0 Å². The van der Waals surface area contributed by atoms with Crippen LogP contribution in [0.5, 0.6) is 0 Å². The van der Waals surface area contributed by atoms with E-state index in [-0.39, 0.29) is 0 Å². The molecule has 0 aliphatic carbocycles. The topological polar surface area (TPSA) is 64.9 Å². The smallest absolute Gasteiger partial charge is 0.134 e. The lowest BCUT2D eigenvalue weighted by atomic mass is 10.1. The van der Waals surface area contributed by atoms with Crippen LogP contribution in [-0.4, -0.2) is 4.98 Å². The Labute approximate surface area is 99.1 Å². The van der Waals surface area contributed by atoms with Gasteiger partial charge in [0.2, 0.25) is 0 Å². The van der Waals surface area contributed by atoms with Crippen molar-refractivity contribution in [2.75, 3.05) is 5.73 Å². The molecule has 0 aliphatic rings. The first kappa shape index (κ1) is 10.9. The summed E-state index contributed by atoms with van der Waals surface area (Å²) in [6.45, 7) is 0.338. The molecule has 0 atom stereocenters. The first-order valence-electron chi connectivity index (χ1n) is 4.92. The van der Waals surface area contributed by atoms with Gasteiger partial charge in [-0.05, 0) is 6.07 Å². The van der Waals surface area contributed by atoms with E-state index in [1.54, 1.807) is 6.07 Å². The zero-order chi connectivity index (χ0) is 11.5. The lowest BCUT2D eigenvalue weighted by molar-refractivity contribution is 1.05. The summed E-state index contributed by atoms with van der Waals surface area (Å²) in [6, 6.07) is 11.5. The molecule has 0 radical (unpaired) electrons. The number of nitrogens with zero attached hydrogens (tertiary/aromatic N) is 1. The Morgan fingerprint density at radius 2 is 1.88 bits per heavy atom. The Morgan fingerprint density at radius 1 is 1.19 bits per heavy atom. The molecule has 0 saturated carbocycles. The lowest BCUT2D eigenvalue weighted by Crippen LogP contribution is -2.02. The molecule has 0 bridgehead atoms. The van der Waals surface area contributed by atoms with Crippen LogP contribution in [0.2, 0.25) is 5.15 Å². The van der Waals surface area contributed by atoms with Gasteiger partial charge < -0.3 is 11.5 Å². The van der Waals surface area contributed by atoms with E-state index in [1.165, 1.54) is 0 Å². The highest BCUT2D eigenvalue weighted by Gasteiger charge is 2.08. The number of hydrogen-bond acceptors (Lipinski definition) is 3. The van der Waals surface area contributed by atoms with Gasteiger partial charge in [-0.1, -0.05) is 41.9 Å². The lowest BCUT2D eigenvalue weighted by Gasteiger charge is -2.08. The molecule has 2 aromatic rings. The van der Waals surface area contributed by atoms with E-state index >= 15 is 0 Å². The summed E-state index contributed by atoms with van der Waals surface area (Å²) in [5.74, 6) is 0. The summed E-state index contributed by atoms with van der Waals surface area (Å²) < 4.78 is 0. The van der Waals surface area contributed by atoms with Crippen molar-refractivity contribution in [1.82, 2.24) is 4.98 Å². The summed E-state index contributed by atoms with van der Waals surface area (Å²) in [5.41, 5.74) is 14.5. The van der Waals surface area contributed by atoms with Crippen molar-refractivity contribution in [1.29, 1.82) is 0 Å². The molecule has 0 fully saturated rings. The fourth-order valence-electron chi connectivity index (χ4n) is 1.52. The maximum atomic E-state index is 6.00. The van der Waals surface area contributed by atoms with Gasteiger partial charge in [0.05, 0.1) is 11.4 Å². The van der Waals surface area contributed by atoms with Gasteiger partial charge in [-0.2, -0.15) is 0 Å². The molecule has 4 N–H and O–H groups in total. The van der Waals surface area contributed by atoms with Crippen LogP contribution in [0.25, 0.3) is 11.3 Å². The molecule has 1 aromatic heterocycles. The molecule has 4 heteroatoms. The quantitative estimate of drug-likeness (QED) is 0.783. The van der Waals surface area contributed by atoms with Crippen LogP contribution >= 0.6 is 11.6 Å². The predicted octanol–water partition coefficient (Wildman–Crippen LogP) is 2.44. The van der Waals surface area contributed by atoms with E-state index in [1.807, 2.05) is 30.3 Å². The van der Waals surface area contributed by atoms with Crippen LogP contribution in [-0.2, 0) is 6.54 Å². The zero-order valence-corrected chi connectivity index (χ0v) is 9.41. The predicted molar refractivity (Wildman–Crippen MR) is 67.0 cm³/mol. The monoisotopic (exact) mass is 233 g/mol. The molecule has 0 saturated heterocycles. The highest BCUT2D eigenvalue weighted by molar-refractivity contribution is 6.30. The van der Waals surface area contributed by atoms with Gasteiger partial charge in [0.25, 0.3) is 0 Å². The average Bonchev–Trinajstić information content (AvgIpc) is 2.32. The van der Waals surface area contributed by atoms with E-state index in [4.69, 9.17) is 23.1 Å². The maximum absolute atomic E-state index is 6.00. The van der Waals surface area contributed by atoms with Crippen LogP contribution < -0.4 is 11.5 Å². The number of pyridine rings is 1. The molecule has 1 aromatic carbocycles. The van der Waals surface area contributed by atoms with Crippen LogP contribution in [0.3, 0.4) is 0 Å². The maximum Gasteiger partial charge on any atom is 0.134 e. The summed E-state index contributed by atoms with van der Waals surface area (Å²) in [6.07, 6.45) is 0. The molecule has 0 aliphatic heterocycles. The third-order valence-corrected chi connectivity index (χ3v) is 2.67. The van der Waals surface area contributed by atoms with E-state index in [0.29, 0.717) is 23.1 Å². The standard InChI is InChI=1S/C12H12ClN3/c13-12-9(7-14)6-10(15)11(16-12)8-4-2-1-3-5-8/h1-6H,7,14-15H2. The number of nitrogens with two attached hydrogens (primary N) is 2. The van der Waals surface area contributed by atoms with Crippen LogP contribution in [0.4, 0.5) is 5.69 Å². The largest absolute Gasteiger partial charge is 0.397 e. The first-order valence-corrected chi connectivity index (χ1v) is 5.30. The minimum absolute atomic E-state index is 0.338. The number of anilines is 1. The van der Waals surface area contributed by atoms with Crippen molar-refractivity contribution in [2.24, 2.45) is 5.73 Å². The first-order chi connectivity index (χ1) is 7.72. The molecule has 82 valence electrons. The fourth-order valence-corrected chi connectivity index (χ4v) is 1.74. The van der Waals surface area contributed by atoms with Crippen molar-refractivity contribution in [2.45, 2.75) is 6.54 Å². The van der Waals surface area contributed by atoms with Crippen molar-refractivity contribution >= 4 is 17.3 Å². The molecular formula is C12H12ClN3. The van der Waals surface area contributed by atoms with Crippen molar-refractivity contribution in [3.63, 3.8) is 0 Å². The number of nitrogen functional groups attached to an aromatic ring is 1. The summed E-state index contributed by atoms with van der Waals surface area (Å²) >= 11 is 6.00. The average molecular weight is 234 g/mol. The Kier molecular flexibility index (Phi) is 3.08. The fraction of sp³-hybridized carbons (Fsp3) is 0.0833. The van der Waals surface area contributed by atoms with Gasteiger partial charge in [-0.25, -0.2) is 4.98 Å². The molecule has 16 heavy (non-hydrogen) atoms. The van der Waals surface area contributed by atoms with E-state index in [2.05, 4.69) is 4.98 Å². The Morgan fingerprint density at radius 3 is 2.50 bits per heavy atom. The third kappa shape index (κ3) is 2.01. The SMILES string of the molecule is NCc1cc(N)c(-c2ccccc2)nc1Cl. The van der Waals surface area contributed by atoms with Gasteiger partial charge in [-0.3, -0.25) is 0 Å². The van der Waals surface area contributed by atoms with Crippen LogP contribution in [0.15, 0.2) is 36.4 Å². The summed E-state index contributed by atoms with van der Waals surface area (Å²) in [5, 5.41) is 0.413. The highest BCUT2D eigenvalue weighted by atomic mass is 35.5. The number of aromatic nitrogens is 1. The number of benzene rings is 1. The summed E-state index contributed by atoms with van der Waals surface area (Å²) in [7, 11) is 0. The molecule has 2 rings (SSSR count). The van der Waals surface area contributed by atoms with Gasteiger partial charge in [0, 0.05) is 17.7 Å². The third-order valence-electron chi connectivity index (χ3n) is 2.35.